The smallest absolute Gasteiger partial charge is 0.319 e. The van der Waals surface area contributed by atoms with E-state index in [1.807, 2.05) is 43.4 Å². The average molecular weight is 424 g/mol. The van der Waals surface area contributed by atoms with Gasteiger partial charge in [0.2, 0.25) is 0 Å². The molecule has 8 heteroatoms. The van der Waals surface area contributed by atoms with Gasteiger partial charge in [0.1, 0.15) is 0 Å². The Bertz CT molecular complexity index is 799. The molecule has 0 saturated carbocycles. The normalized spacial score (nSPS) is 19.4. The Hall–Kier alpha value is -1.77. The van der Waals surface area contributed by atoms with Crippen molar-refractivity contribution in [2.75, 3.05) is 23.9 Å². The molecule has 6 nitrogen and oxygen atoms in total. The summed E-state index contributed by atoms with van der Waals surface area (Å²) in [7, 11) is -0.382. The van der Waals surface area contributed by atoms with Crippen molar-refractivity contribution < 1.29 is 13.9 Å². The Morgan fingerprint density at radius 2 is 1.79 bits per heavy atom. The number of nitrogens with zero attached hydrogens (tertiary/aromatic N) is 1. The lowest BCUT2D eigenvalue weighted by molar-refractivity contribution is 0.251. The van der Waals surface area contributed by atoms with Crippen molar-refractivity contribution in [1.82, 2.24) is 10.2 Å². The van der Waals surface area contributed by atoms with Gasteiger partial charge in [-0.15, -0.1) is 0 Å². The number of halogens is 1. The van der Waals surface area contributed by atoms with Crippen LogP contribution in [0.5, 0.6) is 0 Å². The van der Waals surface area contributed by atoms with E-state index in [2.05, 4.69) is 15.5 Å². The molecule has 0 bridgehead atoms. The van der Waals surface area contributed by atoms with Crippen molar-refractivity contribution in [3.05, 3.63) is 64.7 Å². The molecule has 1 aliphatic rings. The lowest BCUT2D eigenvalue weighted by atomic mass is 10.1. The van der Waals surface area contributed by atoms with Gasteiger partial charge in [0, 0.05) is 35.6 Å². The van der Waals surface area contributed by atoms with E-state index in [1.54, 1.807) is 12.1 Å². The molecule has 4 N–H and O–H groups in total. The van der Waals surface area contributed by atoms with E-state index in [9.17, 15) is 13.9 Å². The second-order valence-electron chi connectivity index (χ2n) is 7.16. The maximum atomic E-state index is 12.0. The van der Waals surface area contributed by atoms with Crippen molar-refractivity contribution in [3.63, 3.8) is 0 Å². The van der Waals surface area contributed by atoms with Gasteiger partial charge in [-0.25, -0.2) is 4.79 Å². The molecular formula is C20H26ClN3O3S. The monoisotopic (exact) mass is 423 g/mol. The summed E-state index contributed by atoms with van der Waals surface area (Å²) in [4.78, 5) is 14.2. The van der Waals surface area contributed by atoms with Crippen molar-refractivity contribution in [2.24, 2.45) is 0 Å². The van der Waals surface area contributed by atoms with Crippen LogP contribution in [0.25, 0.3) is 0 Å². The van der Waals surface area contributed by atoms with E-state index in [-0.39, 0.29) is 12.1 Å². The van der Waals surface area contributed by atoms with Gasteiger partial charge < -0.3 is 10.6 Å². The van der Waals surface area contributed by atoms with E-state index in [0.717, 1.165) is 29.8 Å². The Labute approximate surface area is 172 Å². The zero-order valence-electron chi connectivity index (χ0n) is 15.8. The predicted octanol–water partition coefficient (Wildman–Crippen LogP) is 4.62. The van der Waals surface area contributed by atoms with E-state index in [4.69, 9.17) is 11.6 Å². The Balaban J connectivity index is 1.46. The SMILES string of the molecule is CN(Cc1ccc(NC(=O)NCc2ccc(Cl)cc2)cc1)C1CCS(O)(O)C1. The van der Waals surface area contributed by atoms with Gasteiger partial charge in [-0.05, 0) is 48.9 Å². The molecule has 2 amide bonds. The highest BCUT2D eigenvalue weighted by molar-refractivity contribution is 8.24. The molecule has 152 valence electrons. The average Bonchev–Trinajstić information content (AvgIpc) is 3.03. The van der Waals surface area contributed by atoms with Crippen LogP contribution >= 0.6 is 22.2 Å². The zero-order chi connectivity index (χ0) is 20.1. The van der Waals surface area contributed by atoms with Crippen molar-refractivity contribution in [1.29, 1.82) is 0 Å². The molecule has 0 radical (unpaired) electrons. The third kappa shape index (κ3) is 6.12. The van der Waals surface area contributed by atoms with Crippen LogP contribution in [0.15, 0.2) is 48.5 Å². The molecule has 2 aromatic carbocycles. The number of benzene rings is 2. The minimum Gasteiger partial charge on any atom is -0.334 e. The van der Waals surface area contributed by atoms with E-state index in [0.29, 0.717) is 23.1 Å². The number of carbonyl (C=O) groups is 1. The maximum absolute atomic E-state index is 12.0. The molecule has 1 atom stereocenters. The van der Waals surface area contributed by atoms with Gasteiger partial charge >= 0.3 is 6.03 Å². The first-order valence-corrected chi connectivity index (χ1v) is 11.4. The van der Waals surface area contributed by atoms with Crippen LogP contribution in [-0.2, 0) is 13.1 Å². The van der Waals surface area contributed by atoms with Crippen LogP contribution in [0.1, 0.15) is 17.5 Å². The highest BCUT2D eigenvalue weighted by Crippen LogP contribution is 2.47. The van der Waals surface area contributed by atoms with Gasteiger partial charge in [-0.3, -0.25) is 14.0 Å². The first-order valence-electron chi connectivity index (χ1n) is 9.13. The Morgan fingerprint density at radius 1 is 1.14 bits per heavy atom. The lowest BCUT2D eigenvalue weighted by Gasteiger charge is -2.29. The molecule has 28 heavy (non-hydrogen) atoms. The van der Waals surface area contributed by atoms with Gasteiger partial charge in [0.15, 0.2) is 0 Å². The highest BCUT2D eigenvalue weighted by Gasteiger charge is 2.30. The van der Waals surface area contributed by atoms with Crippen LogP contribution < -0.4 is 10.6 Å². The standard InChI is InChI=1S/C20H26ClN3O3S/c1-24(19-10-11-28(26,27)14-19)13-16-4-8-18(9-5-16)23-20(25)22-12-15-2-6-17(21)7-3-15/h2-9,19,26-27H,10-14H2,1H3,(H2,22,23,25). The zero-order valence-corrected chi connectivity index (χ0v) is 17.3. The van der Waals surface area contributed by atoms with Gasteiger partial charge in [-0.1, -0.05) is 35.9 Å². The fraction of sp³-hybridized carbons (Fsp3) is 0.350. The molecule has 0 spiro atoms. The number of hydrogen-bond donors (Lipinski definition) is 4. The van der Waals surface area contributed by atoms with Crippen LogP contribution in [0, 0.1) is 0 Å². The number of amides is 2. The molecule has 1 saturated heterocycles. The van der Waals surface area contributed by atoms with Gasteiger partial charge in [0.05, 0.1) is 5.75 Å². The molecule has 1 fully saturated rings. The summed E-state index contributed by atoms with van der Waals surface area (Å²) >= 11 is 5.85. The van der Waals surface area contributed by atoms with Crippen molar-refractivity contribution in [3.8, 4) is 0 Å². The first-order chi connectivity index (χ1) is 13.3. The summed E-state index contributed by atoms with van der Waals surface area (Å²) in [6.45, 7) is 1.15. The summed E-state index contributed by atoms with van der Waals surface area (Å²) in [6, 6.07) is 14.9. The third-order valence-electron chi connectivity index (χ3n) is 4.87. The topological polar surface area (TPSA) is 84.8 Å². The molecule has 1 heterocycles. The van der Waals surface area contributed by atoms with E-state index in [1.165, 1.54) is 0 Å². The number of rotatable bonds is 6. The summed E-state index contributed by atoms with van der Waals surface area (Å²) in [5.41, 5.74) is 2.80. The lowest BCUT2D eigenvalue weighted by Crippen LogP contribution is -2.31. The Morgan fingerprint density at radius 3 is 2.39 bits per heavy atom. The Kier molecular flexibility index (Phi) is 6.85. The van der Waals surface area contributed by atoms with E-state index < -0.39 is 10.6 Å². The fourth-order valence-corrected chi connectivity index (χ4v) is 5.20. The van der Waals surface area contributed by atoms with Crippen molar-refractivity contribution >= 4 is 33.9 Å². The maximum Gasteiger partial charge on any atom is 0.319 e. The molecule has 1 aliphatic heterocycles. The number of nitrogens with one attached hydrogen (secondary N) is 2. The molecule has 0 aromatic heterocycles. The molecular weight excluding hydrogens is 398 g/mol. The molecule has 3 rings (SSSR count). The summed E-state index contributed by atoms with van der Waals surface area (Å²) in [5.74, 6) is 0.951. The summed E-state index contributed by atoms with van der Waals surface area (Å²) in [5, 5.41) is 6.30. The summed E-state index contributed by atoms with van der Waals surface area (Å²) in [6.07, 6.45) is 0.812. The minimum absolute atomic E-state index is 0.196. The molecule has 1 unspecified atom stereocenters. The predicted molar refractivity (Wildman–Crippen MR) is 116 cm³/mol. The van der Waals surface area contributed by atoms with Crippen LogP contribution in [-0.4, -0.2) is 44.6 Å². The third-order valence-corrected chi connectivity index (χ3v) is 6.93. The van der Waals surface area contributed by atoms with Gasteiger partial charge in [0.25, 0.3) is 0 Å². The second kappa shape index (κ2) is 9.15. The van der Waals surface area contributed by atoms with Crippen LogP contribution in [0.2, 0.25) is 5.02 Å². The molecule has 2 aromatic rings. The van der Waals surface area contributed by atoms with Crippen LogP contribution in [0.3, 0.4) is 0 Å². The number of carbonyl (C=O) groups excluding carboxylic acids is 1. The number of anilines is 1. The molecule has 0 aliphatic carbocycles. The number of urea groups is 1. The largest absolute Gasteiger partial charge is 0.334 e. The first kappa shape index (κ1) is 21.0. The number of hydrogen-bond acceptors (Lipinski definition) is 4. The van der Waals surface area contributed by atoms with Crippen LogP contribution in [0.4, 0.5) is 10.5 Å². The van der Waals surface area contributed by atoms with E-state index >= 15 is 0 Å². The van der Waals surface area contributed by atoms with Gasteiger partial charge in [-0.2, -0.15) is 10.6 Å². The second-order valence-corrected chi connectivity index (χ2v) is 9.94. The minimum atomic E-state index is -2.38. The highest BCUT2D eigenvalue weighted by atomic mass is 35.5. The summed E-state index contributed by atoms with van der Waals surface area (Å²) < 4.78 is 19.6. The quantitative estimate of drug-likeness (QED) is 0.546. The fourth-order valence-electron chi connectivity index (χ4n) is 3.22. The van der Waals surface area contributed by atoms with Crippen molar-refractivity contribution in [2.45, 2.75) is 25.6 Å².